The van der Waals surface area contributed by atoms with Crippen LogP contribution in [0.4, 0.5) is 26.3 Å². The Bertz CT molecular complexity index is 1080. The van der Waals surface area contributed by atoms with Crippen molar-refractivity contribution in [3.05, 3.63) is 108 Å². The van der Waals surface area contributed by atoms with Crippen LogP contribution in [0.5, 0.6) is 0 Å². The molecule has 30 heavy (non-hydrogen) atoms. The Kier molecular flexibility index (Phi) is 5.08. The molecule has 4 aromatic rings. The van der Waals surface area contributed by atoms with Gasteiger partial charge in [0.05, 0.1) is 0 Å². The lowest BCUT2D eigenvalue weighted by atomic mass is 9.98. The third-order valence-corrected chi connectivity index (χ3v) is 4.74. The summed E-state index contributed by atoms with van der Waals surface area (Å²) in [5, 5.41) is 0. The topological polar surface area (TPSA) is 0 Å². The van der Waals surface area contributed by atoms with Gasteiger partial charge in [0.1, 0.15) is 0 Å². The molecule has 0 saturated heterocycles. The first-order valence-corrected chi connectivity index (χ1v) is 8.84. The number of benzene rings is 4. The van der Waals surface area contributed by atoms with Gasteiger partial charge >= 0.3 is 0 Å². The predicted octanol–water partition coefficient (Wildman–Crippen LogP) is 7.52. The molecule has 0 nitrogen and oxygen atoms in total. The van der Waals surface area contributed by atoms with Crippen molar-refractivity contribution in [1.29, 1.82) is 0 Å². The monoisotopic (exact) mass is 414 g/mol. The molecule has 150 valence electrons. The summed E-state index contributed by atoms with van der Waals surface area (Å²) in [5.74, 6) is -8.10. The first kappa shape index (κ1) is 19.8. The van der Waals surface area contributed by atoms with Crippen LogP contribution < -0.4 is 0 Å². The molecule has 4 aromatic carbocycles. The third kappa shape index (κ3) is 3.68. The average molecular weight is 414 g/mol. The normalized spacial score (nSPS) is 11.0. The van der Waals surface area contributed by atoms with E-state index in [9.17, 15) is 26.3 Å². The Hall–Kier alpha value is -3.54. The minimum absolute atomic E-state index is 0.202. The fourth-order valence-electron chi connectivity index (χ4n) is 3.15. The summed E-state index contributed by atoms with van der Waals surface area (Å²) in [7, 11) is 0. The van der Waals surface area contributed by atoms with E-state index in [1.807, 2.05) is 0 Å². The number of rotatable bonds is 3. The molecule has 0 amide bonds. The largest absolute Gasteiger partial charge is 0.204 e. The van der Waals surface area contributed by atoms with Crippen molar-refractivity contribution in [2.24, 2.45) is 0 Å². The molecule has 6 heteroatoms. The van der Waals surface area contributed by atoms with Crippen molar-refractivity contribution in [3.63, 3.8) is 0 Å². The van der Waals surface area contributed by atoms with Crippen molar-refractivity contribution in [3.8, 4) is 33.4 Å². The molecule has 0 aromatic heterocycles. The Balaban J connectivity index is 1.61. The Morgan fingerprint density at radius 1 is 0.300 bits per heavy atom. The van der Waals surface area contributed by atoms with Crippen LogP contribution in [0.2, 0.25) is 0 Å². The molecule has 0 N–H and O–H groups in total. The van der Waals surface area contributed by atoms with Gasteiger partial charge in [0.2, 0.25) is 0 Å². The Morgan fingerprint density at radius 2 is 0.500 bits per heavy atom. The van der Waals surface area contributed by atoms with Gasteiger partial charge in [-0.25, -0.2) is 26.3 Å². The van der Waals surface area contributed by atoms with Crippen molar-refractivity contribution in [2.45, 2.75) is 0 Å². The smallest absolute Gasteiger partial charge is 0.194 e. The zero-order valence-corrected chi connectivity index (χ0v) is 15.2. The van der Waals surface area contributed by atoms with E-state index < -0.39 is 34.9 Å². The highest BCUT2D eigenvalue weighted by Crippen LogP contribution is 2.29. The second kappa shape index (κ2) is 7.71. The molecule has 0 aliphatic rings. The summed E-state index contributed by atoms with van der Waals surface area (Å²) >= 11 is 0. The fraction of sp³-hybridized carbons (Fsp3) is 0. The van der Waals surface area contributed by atoms with Gasteiger partial charge in [-0.2, -0.15) is 0 Å². The van der Waals surface area contributed by atoms with Crippen molar-refractivity contribution in [1.82, 2.24) is 0 Å². The second-order valence-corrected chi connectivity index (χ2v) is 6.66. The lowest BCUT2D eigenvalue weighted by Crippen LogP contribution is -1.92. The predicted molar refractivity (Wildman–Crippen MR) is 102 cm³/mol. The number of hydrogen-bond donors (Lipinski definition) is 0. The summed E-state index contributed by atoms with van der Waals surface area (Å²) in [5.41, 5.74) is 2.98. The molecule has 0 aliphatic heterocycles. The SMILES string of the molecule is Fc1cc(-c2ccc(-c3ccc(-c4cc(F)c(F)c(F)c4)cc3)cc2)cc(F)c1F. The lowest BCUT2D eigenvalue weighted by molar-refractivity contribution is 0.447. The summed E-state index contributed by atoms with van der Waals surface area (Å²) in [6.07, 6.45) is 0. The summed E-state index contributed by atoms with van der Waals surface area (Å²) in [6, 6.07) is 17.1. The van der Waals surface area contributed by atoms with Crippen LogP contribution in [0.25, 0.3) is 33.4 Å². The summed E-state index contributed by atoms with van der Waals surface area (Å²) in [6.45, 7) is 0. The van der Waals surface area contributed by atoms with Crippen molar-refractivity contribution < 1.29 is 26.3 Å². The molecule has 0 fully saturated rings. The molecule has 0 saturated carbocycles. The fourth-order valence-corrected chi connectivity index (χ4v) is 3.15. The molecule has 0 unspecified atom stereocenters. The van der Waals surface area contributed by atoms with Crippen molar-refractivity contribution >= 4 is 0 Å². The lowest BCUT2D eigenvalue weighted by Gasteiger charge is -2.08. The summed E-state index contributed by atoms with van der Waals surface area (Å²) in [4.78, 5) is 0. The average Bonchev–Trinajstić information content (AvgIpc) is 2.75. The zero-order valence-electron chi connectivity index (χ0n) is 15.2. The van der Waals surface area contributed by atoms with E-state index in [4.69, 9.17) is 0 Å². The first-order chi connectivity index (χ1) is 14.3. The van der Waals surface area contributed by atoms with Crippen LogP contribution in [0.3, 0.4) is 0 Å². The maximum atomic E-state index is 13.4. The maximum Gasteiger partial charge on any atom is 0.194 e. The van der Waals surface area contributed by atoms with E-state index >= 15 is 0 Å². The molecular weight excluding hydrogens is 402 g/mol. The number of hydrogen-bond acceptors (Lipinski definition) is 0. The highest BCUT2D eigenvalue weighted by Gasteiger charge is 2.13. The van der Waals surface area contributed by atoms with Crippen molar-refractivity contribution in [2.75, 3.05) is 0 Å². The minimum atomic E-state index is -1.52. The van der Waals surface area contributed by atoms with E-state index in [-0.39, 0.29) is 11.1 Å². The molecule has 0 heterocycles. The molecule has 0 spiro atoms. The number of halogens is 6. The van der Waals surface area contributed by atoms with Crippen LogP contribution >= 0.6 is 0 Å². The van der Waals surface area contributed by atoms with Crippen LogP contribution in [-0.4, -0.2) is 0 Å². The van der Waals surface area contributed by atoms with Gasteiger partial charge in [-0.3, -0.25) is 0 Å². The molecule has 0 bridgehead atoms. The highest BCUT2D eigenvalue weighted by atomic mass is 19.2. The van der Waals surface area contributed by atoms with E-state index in [2.05, 4.69) is 0 Å². The van der Waals surface area contributed by atoms with Gasteiger partial charge < -0.3 is 0 Å². The maximum absolute atomic E-state index is 13.4. The van der Waals surface area contributed by atoms with Gasteiger partial charge in [-0.15, -0.1) is 0 Å². The van der Waals surface area contributed by atoms with Crippen LogP contribution in [0, 0.1) is 34.9 Å². The minimum Gasteiger partial charge on any atom is -0.204 e. The third-order valence-electron chi connectivity index (χ3n) is 4.74. The standard InChI is InChI=1S/C24H12F6/c25-19-9-17(10-20(26)23(19)29)15-5-1-13(2-6-15)14-3-7-16(8-4-14)18-11-21(27)24(30)22(28)12-18/h1-12H. The van der Waals surface area contributed by atoms with E-state index in [0.717, 1.165) is 35.4 Å². The molecule has 0 aliphatic carbocycles. The van der Waals surface area contributed by atoms with Gasteiger partial charge in [0.25, 0.3) is 0 Å². The first-order valence-electron chi connectivity index (χ1n) is 8.84. The van der Waals surface area contributed by atoms with Crippen LogP contribution in [0.1, 0.15) is 0 Å². The van der Waals surface area contributed by atoms with Gasteiger partial charge in [0.15, 0.2) is 34.9 Å². The second-order valence-electron chi connectivity index (χ2n) is 6.66. The van der Waals surface area contributed by atoms with E-state index in [1.54, 1.807) is 48.5 Å². The van der Waals surface area contributed by atoms with Gasteiger partial charge in [0, 0.05) is 0 Å². The summed E-state index contributed by atoms with van der Waals surface area (Å²) < 4.78 is 80.0. The molecule has 4 rings (SSSR count). The molecular formula is C24H12F6. The zero-order chi connectivity index (χ0) is 21.4. The van der Waals surface area contributed by atoms with E-state index in [0.29, 0.717) is 11.1 Å². The Morgan fingerprint density at radius 3 is 0.733 bits per heavy atom. The van der Waals surface area contributed by atoms with Gasteiger partial charge in [-0.05, 0) is 57.6 Å². The highest BCUT2D eigenvalue weighted by molar-refractivity contribution is 5.73. The van der Waals surface area contributed by atoms with E-state index in [1.165, 1.54) is 0 Å². The van der Waals surface area contributed by atoms with Crippen LogP contribution in [-0.2, 0) is 0 Å². The Labute approximate surface area is 168 Å². The molecule has 0 atom stereocenters. The quantitative estimate of drug-likeness (QED) is 0.240. The van der Waals surface area contributed by atoms with Gasteiger partial charge in [-0.1, -0.05) is 48.5 Å². The van der Waals surface area contributed by atoms with Crippen LogP contribution in [0.15, 0.2) is 72.8 Å². The molecule has 0 radical (unpaired) electrons.